The predicted molar refractivity (Wildman–Crippen MR) is 146 cm³/mol. The molecule has 2 atom stereocenters. The van der Waals surface area contributed by atoms with Crippen molar-refractivity contribution in [3.63, 3.8) is 0 Å². The number of benzene rings is 2. The van der Waals surface area contributed by atoms with E-state index in [0.29, 0.717) is 13.0 Å². The summed E-state index contributed by atoms with van der Waals surface area (Å²) >= 11 is 0. The number of carbonyl (C=O) groups is 1. The molecule has 0 spiro atoms. The summed E-state index contributed by atoms with van der Waals surface area (Å²) in [6.07, 6.45) is 6.10. The fourth-order valence-corrected chi connectivity index (χ4v) is 4.61. The highest BCUT2D eigenvalue weighted by molar-refractivity contribution is 7.59. The van der Waals surface area contributed by atoms with Crippen LogP contribution in [0.15, 0.2) is 83.8 Å². The SMILES string of the molecule is CC[C@H]1/C=C/COc2ccccc2[C@H](c2ccccc2)N2CN1C(=O)c1c(O)c(=O)ccn12.S.S. The fourth-order valence-electron chi connectivity index (χ4n) is 4.61. The number of rotatable bonds is 2. The minimum absolute atomic E-state index is 0. The van der Waals surface area contributed by atoms with E-state index in [0.717, 1.165) is 16.9 Å². The van der Waals surface area contributed by atoms with E-state index < -0.39 is 11.2 Å². The number of pyridine rings is 1. The van der Waals surface area contributed by atoms with Gasteiger partial charge in [0.1, 0.15) is 25.1 Å². The molecule has 5 rings (SSSR count). The second-order valence-electron chi connectivity index (χ2n) is 8.14. The number of aromatic hydroxyl groups is 1. The summed E-state index contributed by atoms with van der Waals surface area (Å²) in [4.78, 5) is 27.5. The average molecular weight is 512 g/mol. The number of hydrogen-bond acceptors (Lipinski definition) is 5. The maximum atomic E-state index is 13.5. The van der Waals surface area contributed by atoms with Crippen molar-refractivity contribution >= 4 is 32.9 Å². The van der Waals surface area contributed by atoms with Crippen molar-refractivity contribution in [3.8, 4) is 11.5 Å². The highest BCUT2D eigenvalue weighted by Gasteiger charge is 2.39. The van der Waals surface area contributed by atoms with Crippen molar-refractivity contribution in [2.75, 3.05) is 18.3 Å². The highest BCUT2D eigenvalue weighted by Crippen LogP contribution is 2.37. The minimum atomic E-state index is -0.579. The number of nitrogens with zero attached hydrogens (tertiary/aromatic N) is 3. The van der Waals surface area contributed by atoms with Gasteiger partial charge in [0.25, 0.3) is 5.91 Å². The molecule has 0 saturated heterocycles. The smallest absolute Gasteiger partial charge is 0.278 e. The number of amides is 1. The molecular weight excluding hydrogens is 482 g/mol. The van der Waals surface area contributed by atoms with Crippen molar-refractivity contribution in [2.45, 2.75) is 25.4 Å². The zero-order valence-corrected chi connectivity index (χ0v) is 21.3. The van der Waals surface area contributed by atoms with Gasteiger partial charge in [0.05, 0.1) is 6.04 Å². The van der Waals surface area contributed by atoms with Gasteiger partial charge in [0.2, 0.25) is 5.43 Å². The van der Waals surface area contributed by atoms with Gasteiger partial charge >= 0.3 is 0 Å². The molecule has 2 aliphatic rings. The third-order valence-corrected chi connectivity index (χ3v) is 6.23. The molecule has 2 aromatic carbocycles. The molecule has 0 aliphatic carbocycles. The Bertz CT molecular complexity index is 1280. The molecule has 3 aromatic rings. The highest BCUT2D eigenvalue weighted by atomic mass is 32.1. The van der Waals surface area contributed by atoms with Crippen molar-refractivity contribution in [1.29, 1.82) is 0 Å². The largest absolute Gasteiger partial charge is 0.502 e. The number of fused-ring (bicyclic) bond motifs is 5. The second kappa shape index (κ2) is 11.0. The van der Waals surface area contributed by atoms with Gasteiger partial charge in [-0.2, -0.15) is 27.0 Å². The zero-order chi connectivity index (χ0) is 22.9. The molecule has 3 heterocycles. The van der Waals surface area contributed by atoms with Gasteiger partial charge in [-0.05, 0) is 24.1 Å². The van der Waals surface area contributed by atoms with Crippen LogP contribution in [-0.2, 0) is 0 Å². The molecule has 0 saturated carbocycles. The molecule has 1 N–H and O–H groups in total. The van der Waals surface area contributed by atoms with Crippen LogP contribution in [0.1, 0.15) is 41.0 Å². The molecule has 2 bridgehead atoms. The van der Waals surface area contributed by atoms with Crippen LogP contribution in [0.4, 0.5) is 0 Å². The van der Waals surface area contributed by atoms with E-state index in [9.17, 15) is 14.7 Å². The molecule has 35 heavy (non-hydrogen) atoms. The van der Waals surface area contributed by atoms with Gasteiger partial charge in [0.15, 0.2) is 11.4 Å². The van der Waals surface area contributed by atoms with E-state index in [1.807, 2.05) is 78.7 Å². The van der Waals surface area contributed by atoms with Crippen molar-refractivity contribution in [3.05, 3.63) is 106 Å². The van der Waals surface area contributed by atoms with E-state index in [-0.39, 0.29) is 57.3 Å². The van der Waals surface area contributed by atoms with Gasteiger partial charge in [-0.15, -0.1) is 0 Å². The molecule has 1 amide bonds. The lowest BCUT2D eigenvalue weighted by molar-refractivity contribution is 0.0626. The molecule has 0 fully saturated rings. The molecule has 7 nitrogen and oxygen atoms in total. The number of carbonyl (C=O) groups excluding carboxylic acids is 1. The first-order valence-electron chi connectivity index (χ1n) is 11.1. The lowest BCUT2D eigenvalue weighted by Gasteiger charge is -2.45. The summed E-state index contributed by atoms with van der Waals surface area (Å²) in [7, 11) is 0. The number of ether oxygens (including phenoxy) is 1. The number of hydrogen-bond donors (Lipinski definition) is 1. The minimum Gasteiger partial charge on any atom is -0.502 e. The van der Waals surface area contributed by atoms with Gasteiger partial charge in [-0.25, -0.2) is 0 Å². The average Bonchev–Trinajstić information content (AvgIpc) is 2.87. The maximum absolute atomic E-state index is 13.5. The summed E-state index contributed by atoms with van der Waals surface area (Å²) in [5.74, 6) is -0.179. The lowest BCUT2D eigenvalue weighted by Crippen LogP contribution is -2.57. The fraction of sp³-hybridized carbons (Fsp3) is 0.231. The third-order valence-electron chi connectivity index (χ3n) is 6.23. The molecule has 9 heteroatoms. The van der Waals surface area contributed by atoms with Crippen molar-refractivity contribution in [2.24, 2.45) is 0 Å². The monoisotopic (exact) mass is 511 g/mol. The van der Waals surface area contributed by atoms with E-state index in [4.69, 9.17) is 4.74 Å². The molecule has 0 unspecified atom stereocenters. The summed E-state index contributed by atoms with van der Waals surface area (Å²) in [5, 5.41) is 12.7. The van der Waals surface area contributed by atoms with E-state index in [1.54, 1.807) is 15.8 Å². The van der Waals surface area contributed by atoms with Crippen LogP contribution in [0, 0.1) is 0 Å². The normalized spacial score (nSPS) is 19.6. The van der Waals surface area contributed by atoms with Crippen LogP contribution in [0.5, 0.6) is 11.5 Å². The Morgan fingerprint density at radius 2 is 1.71 bits per heavy atom. The quantitative estimate of drug-likeness (QED) is 0.532. The molecule has 184 valence electrons. The van der Waals surface area contributed by atoms with Gasteiger partial charge in [-0.1, -0.05) is 61.5 Å². The van der Waals surface area contributed by atoms with E-state index in [2.05, 4.69) is 0 Å². The number of aromatic nitrogens is 1. The maximum Gasteiger partial charge on any atom is 0.278 e. The van der Waals surface area contributed by atoms with Gasteiger partial charge < -0.3 is 14.7 Å². The van der Waals surface area contributed by atoms with Crippen LogP contribution >= 0.6 is 27.0 Å². The Balaban J connectivity index is 0.00000171. The first kappa shape index (κ1) is 26.3. The Morgan fingerprint density at radius 3 is 2.46 bits per heavy atom. The van der Waals surface area contributed by atoms with Crippen LogP contribution in [-0.4, -0.2) is 39.9 Å². The van der Waals surface area contributed by atoms with Crippen LogP contribution in [0.25, 0.3) is 0 Å². The topological polar surface area (TPSA) is 75.0 Å². The Kier molecular flexibility index (Phi) is 8.24. The first-order chi connectivity index (χ1) is 16.1. The summed E-state index contributed by atoms with van der Waals surface area (Å²) in [6, 6.07) is 18.5. The molecular formula is C26H29N3O4S2. The van der Waals surface area contributed by atoms with Gasteiger partial charge in [0, 0.05) is 17.8 Å². The van der Waals surface area contributed by atoms with Crippen LogP contribution in [0.3, 0.4) is 0 Å². The van der Waals surface area contributed by atoms with Crippen molar-refractivity contribution < 1.29 is 14.6 Å². The Labute approximate surface area is 218 Å². The predicted octanol–water partition coefficient (Wildman–Crippen LogP) is 3.65. The van der Waals surface area contributed by atoms with Crippen LogP contribution in [0.2, 0.25) is 0 Å². The lowest BCUT2D eigenvalue weighted by atomic mass is 9.97. The van der Waals surface area contributed by atoms with Crippen LogP contribution < -0.4 is 15.2 Å². The van der Waals surface area contributed by atoms with E-state index in [1.165, 1.54) is 6.07 Å². The van der Waals surface area contributed by atoms with Crippen molar-refractivity contribution in [1.82, 2.24) is 9.58 Å². The summed E-state index contributed by atoms with van der Waals surface area (Å²) in [5.41, 5.74) is 1.31. The van der Waals surface area contributed by atoms with Gasteiger partial charge in [-0.3, -0.25) is 19.3 Å². The Morgan fingerprint density at radius 1 is 1.00 bits per heavy atom. The zero-order valence-electron chi connectivity index (χ0n) is 19.3. The summed E-state index contributed by atoms with van der Waals surface area (Å²) < 4.78 is 7.75. The molecule has 2 aliphatic heterocycles. The van der Waals surface area contributed by atoms with E-state index >= 15 is 0 Å². The molecule has 0 radical (unpaired) electrons. The standard InChI is InChI=1S/C26H25N3O4.2H2S/c1-2-19-11-8-16-33-22-13-7-6-12-20(22)23(18-9-4-3-5-10-18)29-17-27(19)26(32)24-25(31)21(30)14-15-28(24)29;;/h3-15,19,23,31H,2,16-17H2,1H3;2*1H2/b11-8+;;/t19-,23-;;/m0../s1. The summed E-state index contributed by atoms with van der Waals surface area (Å²) in [6.45, 7) is 2.64. The Hall–Kier alpha value is -3.30. The second-order valence-corrected chi connectivity index (χ2v) is 8.14. The number of para-hydroxylation sites is 1. The first-order valence-corrected chi connectivity index (χ1v) is 11.1. The molecule has 1 aromatic heterocycles. The third kappa shape index (κ3) is 4.66.